The van der Waals surface area contributed by atoms with Crippen LogP contribution in [0.15, 0.2) is 25.5 Å². The maximum Gasteiger partial charge on any atom is 0.303 e. The second kappa shape index (κ2) is 6.86. The van der Waals surface area contributed by atoms with Crippen molar-refractivity contribution in [3.05, 3.63) is 27.0 Å². The molecule has 2 N–H and O–H groups in total. The summed E-state index contributed by atoms with van der Waals surface area (Å²) < 4.78 is 27.5. The van der Waals surface area contributed by atoms with Crippen LogP contribution in [0.4, 0.5) is 5.13 Å². The number of carboxylic acids is 1. The van der Waals surface area contributed by atoms with Crippen LogP contribution in [0.2, 0.25) is 0 Å². The van der Waals surface area contributed by atoms with E-state index in [1.54, 1.807) is 11.4 Å². The number of carbonyl (C=O) groups is 1. The zero-order valence-electron chi connectivity index (χ0n) is 10.6. The van der Waals surface area contributed by atoms with Crippen LogP contribution in [0.1, 0.15) is 18.5 Å². The number of aromatic nitrogens is 1. The third-order valence-corrected chi connectivity index (χ3v) is 6.80. The summed E-state index contributed by atoms with van der Waals surface area (Å²) in [6.45, 7) is 0. The van der Waals surface area contributed by atoms with Crippen molar-refractivity contribution >= 4 is 59.7 Å². The van der Waals surface area contributed by atoms with Crippen molar-refractivity contribution in [1.29, 1.82) is 0 Å². The number of aliphatic carboxylic acids is 1. The molecule has 0 fully saturated rings. The molecule has 2 aromatic rings. The lowest BCUT2D eigenvalue weighted by atomic mass is 10.2. The number of halogens is 1. The normalized spacial score (nSPS) is 11.5. The van der Waals surface area contributed by atoms with Crippen LogP contribution >= 0.6 is 38.6 Å². The summed E-state index contributed by atoms with van der Waals surface area (Å²) in [5.74, 6) is -0.852. The number of nitrogens with zero attached hydrogens (tertiary/aromatic N) is 1. The lowest BCUT2D eigenvalue weighted by molar-refractivity contribution is -0.137. The number of thiazole rings is 1. The quantitative estimate of drug-likeness (QED) is 0.730. The zero-order valence-corrected chi connectivity index (χ0v) is 14.6. The molecule has 0 spiro atoms. The number of thiophene rings is 1. The average molecular weight is 411 g/mol. The van der Waals surface area contributed by atoms with Gasteiger partial charge in [-0.05, 0) is 40.9 Å². The van der Waals surface area contributed by atoms with Gasteiger partial charge in [-0.2, -0.15) is 0 Å². The Morgan fingerprint density at radius 1 is 1.43 bits per heavy atom. The molecule has 0 amide bonds. The fourth-order valence-corrected chi connectivity index (χ4v) is 5.50. The molecule has 0 saturated carbocycles. The van der Waals surface area contributed by atoms with E-state index >= 15 is 0 Å². The molecule has 6 nitrogen and oxygen atoms in total. The third-order valence-electron chi connectivity index (χ3n) is 2.41. The maximum absolute atomic E-state index is 12.1. The van der Waals surface area contributed by atoms with Crippen molar-refractivity contribution in [1.82, 2.24) is 4.98 Å². The van der Waals surface area contributed by atoms with Gasteiger partial charge in [-0.1, -0.05) is 0 Å². The van der Waals surface area contributed by atoms with Crippen LogP contribution in [0.5, 0.6) is 0 Å². The molecule has 0 bridgehead atoms. The molecule has 0 aliphatic rings. The molecule has 0 unspecified atom stereocenters. The SMILES string of the molecule is O=C(O)CCCc1csc(NS(=O)(=O)c2ccc(Br)s2)n1. The third kappa shape index (κ3) is 4.77. The van der Waals surface area contributed by atoms with Gasteiger partial charge in [0.05, 0.1) is 9.48 Å². The predicted molar refractivity (Wildman–Crippen MR) is 85.5 cm³/mol. The Morgan fingerprint density at radius 2 is 2.19 bits per heavy atom. The van der Waals surface area contributed by atoms with Gasteiger partial charge in [0, 0.05) is 11.8 Å². The summed E-state index contributed by atoms with van der Waals surface area (Å²) >= 11 is 5.52. The van der Waals surface area contributed by atoms with E-state index in [1.165, 1.54) is 17.4 Å². The van der Waals surface area contributed by atoms with Crippen LogP contribution < -0.4 is 4.72 Å². The van der Waals surface area contributed by atoms with E-state index in [1.807, 2.05) is 0 Å². The van der Waals surface area contributed by atoms with E-state index in [-0.39, 0.29) is 15.8 Å². The largest absolute Gasteiger partial charge is 0.481 e. The van der Waals surface area contributed by atoms with Gasteiger partial charge in [-0.3, -0.25) is 9.52 Å². The molecule has 0 aliphatic carbocycles. The van der Waals surface area contributed by atoms with Gasteiger partial charge in [0.25, 0.3) is 10.0 Å². The highest BCUT2D eigenvalue weighted by molar-refractivity contribution is 9.11. The van der Waals surface area contributed by atoms with Crippen LogP contribution in [-0.2, 0) is 21.2 Å². The van der Waals surface area contributed by atoms with Gasteiger partial charge in [0.15, 0.2) is 5.13 Å². The second-order valence-corrected chi connectivity index (χ2v) is 9.29. The molecule has 0 aliphatic heterocycles. The molecule has 21 heavy (non-hydrogen) atoms. The van der Waals surface area contributed by atoms with Crippen molar-refractivity contribution in [2.24, 2.45) is 0 Å². The fraction of sp³-hybridized carbons (Fsp3) is 0.273. The average Bonchev–Trinajstić information content (AvgIpc) is 2.98. The zero-order chi connectivity index (χ0) is 15.5. The van der Waals surface area contributed by atoms with Crippen molar-refractivity contribution in [2.45, 2.75) is 23.5 Å². The molecule has 0 radical (unpaired) electrons. The van der Waals surface area contributed by atoms with Crippen molar-refractivity contribution in [2.75, 3.05) is 4.72 Å². The minimum absolute atomic E-state index is 0.0712. The molecule has 2 heterocycles. The standard InChI is InChI=1S/C11H11BrN2O4S3/c12-8-4-5-10(20-8)21(17,18)14-11-13-7(6-19-11)2-1-3-9(15)16/h4-6H,1-3H2,(H,13,14)(H,15,16). The molecular formula is C11H11BrN2O4S3. The number of aryl methyl sites for hydroxylation is 1. The highest BCUT2D eigenvalue weighted by Crippen LogP contribution is 2.28. The molecule has 114 valence electrons. The Bertz CT molecular complexity index is 738. The van der Waals surface area contributed by atoms with Crippen LogP contribution in [-0.4, -0.2) is 24.5 Å². The molecule has 2 rings (SSSR count). The maximum atomic E-state index is 12.1. The Hall–Kier alpha value is -0.970. The van der Waals surface area contributed by atoms with Gasteiger partial charge < -0.3 is 5.11 Å². The summed E-state index contributed by atoms with van der Waals surface area (Å²) in [7, 11) is -3.62. The highest BCUT2D eigenvalue weighted by atomic mass is 79.9. The lowest BCUT2D eigenvalue weighted by Gasteiger charge is -2.01. The van der Waals surface area contributed by atoms with Gasteiger partial charge in [-0.15, -0.1) is 22.7 Å². The predicted octanol–water partition coefficient (Wildman–Crippen LogP) is 3.18. The smallest absolute Gasteiger partial charge is 0.303 e. The first-order chi connectivity index (χ1) is 9.87. The summed E-state index contributed by atoms with van der Waals surface area (Å²) in [4.78, 5) is 14.6. The van der Waals surface area contributed by atoms with Crippen molar-refractivity contribution in [3.8, 4) is 0 Å². The summed E-state index contributed by atoms with van der Waals surface area (Å²) in [6.07, 6.45) is 1.06. The van der Waals surface area contributed by atoms with Gasteiger partial charge in [0.1, 0.15) is 4.21 Å². The molecular weight excluding hydrogens is 400 g/mol. The number of carboxylic acid groups (broad SMARTS) is 1. The minimum atomic E-state index is -3.62. The van der Waals surface area contributed by atoms with Gasteiger partial charge >= 0.3 is 5.97 Å². The summed E-state index contributed by atoms with van der Waals surface area (Å²) in [5.41, 5.74) is 0.686. The van der Waals surface area contributed by atoms with E-state index < -0.39 is 16.0 Å². The summed E-state index contributed by atoms with van der Waals surface area (Å²) in [5, 5.41) is 10.6. The molecule has 10 heteroatoms. The number of anilines is 1. The van der Waals surface area contributed by atoms with E-state index in [4.69, 9.17) is 5.11 Å². The van der Waals surface area contributed by atoms with Crippen LogP contribution in [0, 0.1) is 0 Å². The Labute approximate surface area is 138 Å². The lowest BCUT2D eigenvalue weighted by Crippen LogP contribution is -2.11. The molecule has 2 aromatic heterocycles. The Balaban J connectivity index is 2.00. The Morgan fingerprint density at radius 3 is 2.81 bits per heavy atom. The molecule has 0 saturated heterocycles. The monoisotopic (exact) mass is 410 g/mol. The number of sulfonamides is 1. The molecule has 0 aromatic carbocycles. The first-order valence-electron chi connectivity index (χ1n) is 5.81. The van der Waals surface area contributed by atoms with Crippen molar-refractivity contribution < 1.29 is 18.3 Å². The Kier molecular flexibility index (Phi) is 5.36. The first-order valence-corrected chi connectivity index (χ1v) is 9.78. The summed E-state index contributed by atoms with van der Waals surface area (Å²) in [6, 6.07) is 3.18. The topological polar surface area (TPSA) is 96.4 Å². The van der Waals surface area contributed by atoms with E-state index in [9.17, 15) is 13.2 Å². The number of hydrogen-bond donors (Lipinski definition) is 2. The number of rotatable bonds is 7. The first kappa shape index (κ1) is 16.4. The van der Waals surface area contributed by atoms with E-state index in [0.717, 1.165) is 15.1 Å². The highest BCUT2D eigenvalue weighted by Gasteiger charge is 2.18. The minimum Gasteiger partial charge on any atom is -0.481 e. The van der Waals surface area contributed by atoms with Crippen molar-refractivity contribution in [3.63, 3.8) is 0 Å². The van der Waals surface area contributed by atoms with E-state index in [0.29, 0.717) is 18.5 Å². The van der Waals surface area contributed by atoms with Crippen LogP contribution in [0.3, 0.4) is 0 Å². The molecule has 0 atom stereocenters. The van der Waals surface area contributed by atoms with Gasteiger partial charge in [0.2, 0.25) is 0 Å². The van der Waals surface area contributed by atoms with Crippen LogP contribution in [0.25, 0.3) is 0 Å². The number of nitrogens with one attached hydrogen (secondary N) is 1. The fourth-order valence-electron chi connectivity index (χ4n) is 1.50. The second-order valence-electron chi connectivity index (χ2n) is 4.06. The number of hydrogen-bond acceptors (Lipinski definition) is 6. The van der Waals surface area contributed by atoms with E-state index in [2.05, 4.69) is 25.6 Å². The van der Waals surface area contributed by atoms with Gasteiger partial charge in [-0.25, -0.2) is 13.4 Å².